The molecule has 1 atom stereocenters. The summed E-state index contributed by atoms with van der Waals surface area (Å²) < 4.78 is 26.1. The maximum atomic E-state index is 12.9. The first-order valence-electron chi connectivity index (χ1n) is 10.2. The quantitative estimate of drug-likeness (QED) is 0.525. The minimum atomic E-state index is -3.41. The largest absolute Gasteiger partial charge is 0.325 e. The first kappa shape index (κ1) is 23.3. The molecular weight excluding hydrogens is 432 g/mol. The number of nitrogens with zero attached hydrogens (tertiary/aromatic N) is 1. The normalized spacial score (nSPS) is 18.4. The molecule has 4 amide bonds. The Kier molecular flexibility index (Phi) is 6.54. The van der Waals surface area contributed by atoms with Gasteiger partial charge < -0.3 is 10.6 Å². The number of hydrogen-bond donors (Lipinski definition) is 3. The Morgan fingerprint density at radius 3 is 2.22 bits per heavy atom. The molecular formula is C22H26N4O5S. The van der Waals surface area contributed by atoms with Gasteiger partial charge in [-0.15, -0.1) is 0 Å². The van der Waals surface area contributed by atoms with E-state index >= 15 is 0 Å². The third-order valence-electron chi connectivity index (χ3n) is 5.12. The second kappa shape index (κ2) is 8.99. The van der Waals surface area contributed by atoms with Crippen molar-refractivity contribution in [3.63, 3.8) is 0 Å². The molecule has 0 aromatic heterocycles. The summed E-state index contributed by atoms with van der Waals surface area (Å²) in [6, 6.07) is 12.7. The van der Waals surface area contributed by atoms with Gasteiger partial charge in [-0.2, -0.15) is 0 Å². The molecule has 0 spiro atoms. The van der Waals surface area contributed by atoms with Gasteiger partial charge in [0, 0.05) is 11.4 Å². The Morgan fingerprint density at radius 1 is 1.03 bits per heavy atom. The van der Waals surface area contributed by atoms with Gasteiger partial charge in [0.05, 0.1) is 5.75 Å². The number of sulfonamides is 1. The van der Waals surface area contributed by atoms with Crippen LogP contribution in [0.2, 0.25) is 0 Å². The van der Waals surface area contributed by atoms with Crippen LogP contribution >= 0.6 is 0 Å². The lowest BCUT2D eigenvalue weighted by Gasteiger charge is -2.22. The molecule has 0 aliphatic carbocycles. The van der Waals surface area contributed by atoms with Gasteiger partial charge >= 0.3 is 6.03 Å². The van der Waals surface area contributed by atoms with Crippen LogP contribution in [0.1, 0.15) is 31.4 Å². The van der Waals surface area contributed by atoms with Crippen LogP contribution in [0.5, 0.6) is 0 Å². The fourth-order valence-corrected chi connectivity index (χ4v) is 4.52. The molecule has 1 fully saturated rings. The van der Waals surface area contributed by atoms with Crippen molar-refractivity contribution in [2.75, 3.05) is 22.3 Å². The van der Waals surface area contributed by atoms with Gasteiger partial charge in [-0.25, -0.2) is 13.2 Å². The Morgan fingerprint density at radius 2 is 1.62 bits per heavy atom. The van der Waals surface area contributed by atoms with Gasteiger partial charge in [-0.1, -0.05) is 36.8 Å². The van der Waals surface area contributed by atoms with E-state index in [2.05, 4.69) is 15.4 Å². The van der Waals surface area contributed by atoms with Gasteiger partial charge in [0.25, 0.3) is 5.91 Å². The number of nitrogens with one attached hydrogen (secondary N) is 3. The van der Waals surface area contributed by atoms with Crippen LogP contribution in [0.3, 0.4) is 0 Å². The monoisotopic (exact) mass is 458 g/mol. The molecule has 0 bridgehead atoms. The summed E-state index contributed by atoms with van der Waals surface area (Å²) >= 11 is 0. The van der Waals surface area contributed by atoms with Gasteiger partial charge in [-0.3, -0.25) is 19.2 Å². The van der Waals surface area contributed by atoms with Crippen LogP contribution < -0.4 is 15.4 Å². The minimum absolute atomic E-state index is 0.0128. The van der Waals surface area contributed by atoms with E-state index in [1.165, 1.54) is 24.3 Å². The number of aryl methyl sites for hydroxylation is 1. The van der Waals surface area contributed by atoms with Gasteiger partial charge in [0.2, 0.25) is 15.9 Å². The predicted molar refractivity (Wildman–Crippen MR) is 122 cm³/mol. The van der Waals surface area contributed by atoms with Crippen molar-refractivity contribution in [2.45, 2.75) is 32.7 Å². The van der Waals surface area contributed by atoms with E-state index in [1.807, 2.05) is 19.1 Å². The predicted octanol–water partition coefficient (Wildman–Crippen LogP) is 2.55. The van der Waals surface area contributed by atoms with Crippen molar-refractivity contribution in [1.29, 1.82) is 0 Å². The Balaban J connectivity index is 1.64. The van der Waals surface area contributed by atoms with Gasteiger partial charge in [-0.05, 0) is 50.1 Å². The molecule has 2 aromatic carbocycles. The number of carbonyl (C=O) groups is 3. The molecule has 1 saturated heterocycles. The van der Waals surface area contributed by atoms with Crippen LogP contribution in [0.4, 0.5) is 16.2 Å². The van der Waals surface area contributed by atoms with Gasteiger partial charge in [0.15, 0.2) is 0 Å². The zero-order valence-electron chi connectivity index (χ0n) is 18.1. The van der Waals surface area contributed by atoms with Crippen LogP contribution in [-0.2, 0) is 25.2 Å². The minimum Gasteiger partial charge on any atom is -0.325 e. The van der Waals surface area contributed by atoms with Crippen LogP contribution in [0.15, 0.2) is 48.5 Å². The number of amides is 4. The van der Waals surface area contributed by atoms with Crippen LogP contribution in [0, 0.1) is 6.92 Å². The van der Waals surface area contributed by atoms with E-state index in [-0.39, 0.29) is 5.75 Å². The van der Waals surface area contributed by atoms with Crippen molar-refractivity contribution in [3.8, 4) is 0 Å². The smallest absolute Gasteiger partial charge is 0.325 e. The molecule has 0 radical (unpaired) electrons. The number of benzene rings is 2. The summed E-state index contributed by atoms with van der Waals surface area (Å²) in [5, 5.41) is 5.28. The first-order valence-corrected chi connectivity index (χ1v) is 11.8. The number of anilines is 2. The van der Waals surface area contributed by atoms with Crippen LogP contribution in [-0.4, -0.2) is 43.5 Å². The van der Waals surface area contributed by atoms with Crippen molar-refractivity contribution in [2.24, 2.45) is 0 Å². The summed E-state index contributed by atoms with van der Waals surface area (Å²) in [5.74, 6) is -1.05. The number of carbonyl (C=O) groups excluding carboxylic acids is 3. The number of rotatable bonds is 8. The Labute approximate surface area is 187 Å². The van der Waals surface area contributed by atoms with Crippen molar-refractivity contribution < 1.29 is 22.8 Å². The van der Waals surface area contributed by atoms with Crippen molar-refractivity contribution in [3.05, 3.63) is 59.7 Å². The molecule has 1 heterocycles. The van der Waals surface area contributed by atoms with Crippen molar-refractivity contribution >= 4 is 39.2 Å². The zero-order chi connectivity index (χ0) is 23.5. The average Bonchev–Trinajstić information content (AvgIpc) is 2.93. The lowest BCUT2D eigenvalue weighted by Crippen LogP contribution is -2.42. The standard InChI is InChI=1S/C22H26N4O5S/c1-4-13-32(30,31)25-18-11-9-17(10-12-18)23-19(27)14-26-20(28)22(3,24-21(26)29)16-7-5-15(2)6-8-16/h5-12,25H,4,13-14H2,1-3H3,(H,23,27)(H,24,29). The summed E-state index contributed by atoms with van der Waals surface area (Å²) in [6.45, 7) is 4.85. The summed E-state index contributed by atoms with van der Waals surface area (Å²) in [4.78, 5) is 38.7. The number of urea groups is 1. The highest BCUT2D eigenvalue weighted by atomic mass is 32.2. The molecule has 1 unspecified atom stereocenters. The van der Waals surface area contributed by atoms with Gasteiger partial charge in [0.1, 0.15) is 12.1 Å². The SMILES string of the molecule is CCCS(=O)(=O)Nc1ccc(NC(=O)CN2C(=O)NC(C)(c3ccc(C)cc3)C2=O)cc1. The maximum absolute atomic E-state index is 12.9. The highest BCUT2D eigenvalue weighted by Gasteiger charge is 2.49. The van der Waals surface area contributed by atoms with E-state index in [1.54, 1.807) is 26.0 Å². The number of hydrogen-bond acceptors (Lipinski definition) is 5. The third kappa shape index (κ3) is 5.08. The van der Waals surface area contributed by atoms with E-state index in [0.29, 0.717) is 23.4 Å². The van der Waals surface area contributed by atoms with Crippen molar-refractivity contribution in [1.82, 2.24) is 10.2 Å². The molecule has 2 aromatic rings. The molecule has 10 heteroatoms. The second-order valence-electron chi connectivity index (χ2n) is 7.86. The zero-order valence-corrected chi connectivity index (χ0v) is 19.0. The van der Waals surface area contributed by atoms with E-state index < -0.39 is 40.0 Å². The Hall–Kier alpha value is -3.40. The molecule has 32 heavy (non-hydrogen) atoms. The molecule has 3 rings (SSSR count). The average molecular weight is 459 g/mol. The Bertz CT molecular complexity index is 1130. The van der Waals surface area contributed by atoms with E-state index in [4.69, 9.17) is 0 Å². The third-order valence-corrected chi connectivity index (χ3v) is 6.61. The number of imide groups is 1. The summed E-state index contributed by atoms with van der Waals surface area (Å²) in [7, 11) is -3.41. The molecule has 3 N–H and O–H groups in total. The van der Waals surface area contributed by atoms with E-state index in [9.17, 15) is 22.8 Å². The lowest BCUT2D eigenvalue weighted by molar-refractivity contribution is -0.133. The highest BCUT2D eigenvalue weighted by molar-refractivity contribution is 7.92. The molecule has 0 saturated carbocycles. The molecule has 1 aliphatic heterocycles. The van der Waals surface area contributed by atoms with Crippen LogP contribution in [0.25, 0.3) is 0 Å². The fraction of sp³-hybridized carbons (Fsp3) is 0.318. The second-order valence-corrected chi connectivity index (χ2v) is 9.70. The summed E-state index contributed by atoms with van der Waals surface area (Å²) in [6.07, 6.45) is 0.495. The van der Waals surface area contributed by atoms with E-state index in [0.717, 1.165) is 10.5 Å². The molecule has 170 valence electrons. The first-order chi connectivity index (χ1) is 15.0. The summed E-state index contributed by atoms with van der Waals surface area (Å²) in [5.41, 5.74) is 1.18. The lowest BCUT2D eigenvalue weighted by atomic mass is 9.91. The molecule has 9 nitrogen and oxygen atoms in total. The topological polar surface area (TPSA) is 125 Å². The maximum Gasteiger partial charge on any atom is 0.325 e. The highest BCUT2D eigenvalue weighted by Crippen LogP contribution is 2.29. The fourth-order valence-electron chi connectivity index (χ4n) is 3.39. The molecule has 1 aliphatic rings.